The van der Waals surface area contributed by atoms with Gasteiger partial charge in [-0.1, -0.05) is 24.3 Å². The van der Waals surface area contributed by atoms with Gasteiger partial charge in [0.25, 0.3) is 0 Å². The van der Waals surface area contributed by atoms with E-state index >= 15 is 0 Å². The summed E-state index contributed by atoms with van der Waals surface area (Å²) in [5, 5.41) is 3.56. The van der Waals surface area contributed by atoms with E-state index in [0.29, 0.717) is 6.04 Å². The molecule has 98 valence electrons. The Morgan fingerprint density at radius 1 is 1.21 bits per heavy atom. The molecule has 3 rings (SSSR count). The van der Waals surface area contributed by atoms with Crippen LogP contribution in [0.2, 0.25) is 0 Å². The summed E-state index contributed by atoms with van der Waals surface area (Å²) < 4.78 is 0. The third-order valence-electron chi connectivity index (χ3n) is 3.98. The molecular weight excluding hydrogens is 234 g/mol. The van der Waals surface area contributed by atoms with Gasteiger partial charge in [-0.3, -0.25) is 0 Å². The van der Waals surface area contributed by atoms with Gasteiger partial charge in [0, 0.05) is 18.8 Å². The fourth-order valence-electron chi connectivity index (χ4n) is 2.75. The molecule has 1 aliphatic rings. The highest BCUT2D eigenvalue weighted by atomic mass is 15.0. The molecule has 1 saturated carbocycles. The number of rotatable bonds is 4. The Balaban J connectivity index is 1.50. The van der Waals surface area contributed by atoms with Crippen molar-refractivity contribution in [1.82, 2.24) is 15.3 Å². The lowest BCUT2D eigenvalue weighted by atomic mass is 9.74. The Labute approximate surface area is 114 Å². The standard InChI is InChI=1S/C16H19N3/c1-12-4-2-3-5-16(12)13-8-15(9-13)18-10-14-6-7-17-11-19-14/h2-7,11,13,15,18H,8-10H2,1H3. The Morgan fingerprint density at radius 3 is 2.79 bits per heavy atom. The van der Waals surface area contributed by atoms with E-state index in [9.17, 15) is 0 Å². The van der Waals surface area contributed by atoms with Crippen molar-refractivity contribution in [1.29, 1.82) is 0 Å². The molecule has 0 spiro atoms. The highest BCUT2D eigenvalue weighted by Crippen LogP contribution is 2.38. The van der Waals surface area contributed by atoms with Crippen LogP contribution in [0, 0.1) is 6.92 Å². The molecule has 1 aliphatic carbocycles. The van der Waals surface area contributed by atoms with Crippen molar-refractivity contribution in [3.05, 3.63) is 59.7 Å². The van der Waals surface area contributed by atoms with Crippen LogP contribution in [0.3, 0.4) is 0 Å². The molecule has 1 N–H and O–H groups in total. The average Bonchev–Trinajstić information content (AvgIpc) is 2.40. The monoisotopic (exact) mass is 253 g/mol. The van der Waals surface area contributed by atoms with Crippen LogP contribution in [-0.4, -0.2) is 16.0 Å². The van der Waals surface area contributed by atoms with Gasteiger partial charge in [-0.2, -0.15) is 0 Å². The number of hydrogen-bond donors (Lipinski definition) is 1. The van der Waals surface area contributed by atoms with Gasteiger partial charge >= 0.3 is 0 Å². The fraction of sp³-hybridized carbons (Fsp3) is 0.375. The van der Waals surface area contributed by atoms with Crippen molar-refractivity contribution in [3.63, 3.8) is 0 Å². The predicted molar refractivity (Wildman–Crippen MR) is 75.8 cm³/mol. The van der Waals surface area contributed by atoms with Gasteiger partial charge in [0.05, 0.1) is 5.69 Å². The van der Waals surface area contributed by atoms with Crippen LogP contribution in [0.1, 0.15) is 35.6 Å². The fourth-order valence-corrected chi connectivity index (χ4v) is 2.75. The van der Waals surface area contributed by atoms with Crippen LogP contribution in [-0.2, 0) is 6.54 Å². The van der Waals surface area contributed by atoms with Crippen molar-refractivity contribution in [2.24, 2.45) is 0 Å². The van der Waals surface area contributed by atoms with Crippen LogP contribution in [0.4, 0.5) is 0 Å². The number of nitrogens with one attached hydrogen (secondary N) is 1. The Kier molecular flexibility index (Phi) is 3.56. The molecule has 19 heavy (non-hydrogen) atoms. The molecule has 2 aromatic rings. The Hall–Kier alpha value is -1.74. The summed E-state index contributed by atoms with van der Waals surface area (Å²) in [5.74, 6) is 0.726. The quantitative estimate of drug-likeness (QED) is 0.910. The van der Waals surface area contributed by atoms with Gasteiger partial charge < -0.3 is 5.32 Å². The first kappa shape index (κ1) is 12.3. The molecule has 0 aliphatic heterocycles. The Bertz CT molecular complexity index is 533. The molecule has 1 aromatic carbocycles. The molecule has 0 bridgehead atoms. The number of aromatic nitrogens is 2. The summed E-state index contributed by atoms with van der Waals surface area (Å²) in [5.41, 5.74) is 4.00. The molecule has 1 heterocycles. The summed E-state index contributed by atoms with van der Waals surface area (Å²) in [6.07, 6.45) is 5.86. The second kappa shape index (κ2) is 5.49. The lowest BCUT2D eigenvalue weighted by Crippen LogP contribution is -2.39. The lowest BCUT2D eigenvalue weighted by Gasteiger charge is -2.37. The predicted octanol–water partition coefficient (Wildman–Crippen LogP) is 2.82. The van der Waals surface area contributed by atoms with E-state index in [1.165, 1.54) is 24.0 Å². The van der Waals surface area contributed by atoms with Gasteiger partial charge in [0.2, 0.25) is 0 Å². The number of nitrogens with zero attached hydrogens (tertiary/aromatic N) is 2. The van der Waals surface area contributed by atoms with Crippen LogP contribution in [0.25, 0.3) is 0 Å². The summed E-state index contributed by atoms with van der Waals surface area (Å²) in [7, 11) is 0. The summed E-state index contributed by atoms with van der Waals surface area (Å²) in [4.78, 5) is 8.16. The van der Waals surface area contributed by atoms with Crippen LogP contribution in [0.15, 0.2) is 42.9 Å². The van der Waals surface area contributed by atoms with Crippen molar-refractivity contribution >= 4 is 0 Å². The summed E-state index contributed by atoms with van der Waals surface area (Å²) >= 11 is 0. The second-order valence-electron chi connectivity index (χ2n) is 5.30. The first-order chi connectivity index (χ1) is 9.33. The van der Waals surface area contributed by atoms with Crippen LogP contribution >= 0.6 is 0 Å². The van der Waals surface area contributed by atoms with E-state index in [1.54, 1.807) is 12.5 Å². The lowest BCUT2D eigenvalue weighted by molar-refractivity contribution is 0.288. The molecule has 0 saturated heterocycles. The minimum atomic E-state index is 0.625. The number of benzene rings is 1. The molecule has 0 amide bonds. The maximum atomic E-state index is 4.23. The van der Waals surface area contributed by atoms with Gasteiger partial charge in [-0.05, 0) is 42.9 Å². The van der Waals surface area contributed by atoms with Gasteiger partial charge in [0.15, 0.2) is 0 Å². The van der Waals surface area contributed by atoms with Gasteiger partial charge in [-0.25, -0.2) is 9.97 Å². The molecule has 0 unspecified atom stereocenters. The van der Waals surface area contributed by atoms with E-state index < -0.39 is 0 Å². The maximum Gasteiger partial charge on any atom is 0.115 e. The molecule has 0 radical (unpaired) electrons. The molecule has 3 heteroatoms. The highest BCUT2D eigenvalue weighted by molar-refractivity contribution is 5.31. The molecule has 1 fully saturated rings. The zero-order valence-electron chi connectivity index (χ0n) is 11.2. The third-order valence-corrected chi connectivity index (χ3v) is 3.98. The zero-order valence-corrected chi connectivity index (χ0v) is 11.2. The van der Waals surface area contributed by atoms with E-state index in [-0.39, 0.29) is 0 Å². The molecule has 0 atom stereocenters. The minimum absolute atomic E-state index is 0.625. The number of aryl methyl sites for hydroxylation is 1. The smallest absolute Gasteiger partial charge is 0.115 e. The topological polar surface area (TPSA) is 37.8 Å². The minimum Gasteiger partial charge on any atom is -0.308 e. The maximum absolute atomic E-state index is 4.23. The van der Waals surface area contributed by atoms with E-state index in [4.69, 9.17) is 0 Å². The number of hydrogen-bond acceptors (Lipinski definition) is 3. The molecule has 3 nitrogen and oxygen atoms in total. The average molecular weight is 253 g/mol. The van der Waals surface area contributed by atoms with Crippen LogP contribution < -0.4 is 5.32 Å². The first-order valence-electron chi connectivity index (χ1n) is 6.87. The van der Waals surface area contributed by atoms with Crippen molar-refractivity contribution in [2.75, 3.05) is 0 Å². The second-order valence-corrected chi connectivity index (χ2v) is 5.30. The van der Waals surface area contributed by atoms with Crippen molar-refractivity contribution in [2.45, 2.75) is 38.3 Å². The van der Waals surface area contributed by atoms with Crippen molar-refractivity contribution < 1.29 is 0 Å². The molecule has 1 aromatic heterocycles. The van der Waals surface area contributed by atoms with Gasteiger partial charge in [-0.15, -0.1) is 0 Å². The Morgan fingerprint density at radius 2 is 2.05 bits per heavy atom. The summed E-state index contributed by atoms with van der Waals surface area (Å²) in [6.45, 7) is 3.05. The van der Waals surface area contributed by atoms with Gasteiger partial charge in [0.1, 0.15) is 6.33 Å². The summed E-state index contributed by atoms with van der Waals surface area (Å²) in [6, 6.07) is 11.3. The van der Waals surface area contributed by atoms with E-state index in [1.807, 2.05) is 6.07 Å². The highest BCUT2D eigenvalue weighted by Gasteiger charge is 2.30. The van der Waals surface area contributed by atoms with Crippen LogP contribution in [0.5, 0.6) is 0 Å². The zero-order chi connectivity index (χ0) is 13.1. The first-order valence-corrected chi connectivity index (χ1v) is 6.87. The van der Waals surface area contributed by atoms with E-state index in [0.717, 1.165) is 18.2 Å². The SMILES string of the molecule is Cc1ccccc1C1CC(NCc2ccncn2)C1. The van der Waals surface area contributed by atoms with E-state index in [2.05, 4.69) is 46.5 Å². The molecular formula is C16H19N3. The normalized spacial score (nSPS) is 21.9. The third kappa shape index (κ3) is 2.82. The largest absolute Gasteiger partial charge is 0.308 e. The van der Waals surface area contributed by atoms with Crippen molar-refractivity contribution in [3.8, 4) is 0 Å².